The van der Waals surface area contributed by atoms with Gasteiger partial charge in [0.2, 0.25) is 0 Å². The molecule has 1 aromatic carbocycles. The van der Waals surface area contributed by atoms with Crippen molar-refractivity contribution in [3.8, 4) is 0 Å². The number of aromatic nitrogens is 2. The van der Waals surface area contributed by atoms with Crippen molar-refractivity contribution in [2.24, 2.45) is 5.10 Å². The van der Waals surface area contributed by atoms with E-state index in [9.17, 15) is 0 Å². The minimum atomic E-state index is 0.785. The zero-order valence-electron chi connectivity index (χ0n) is 15.3. The Kier molecular flexibility index (Phi) is 5.66. The fraction of sp³-hybridized carbons (Fsp3) is 0.200. The lowest BCUT2D eigenvalue weighted by molar-refractivity contribution is 0.577. The summed E-state index contributed by atoms with van der Waals surface area (Å²) < 4.78 is 2.00. The van der Waals surface area contributed by atoms with Gasteiger partial charge in [-0.3, -0.25) is 5.43 Å². The van der Waals surface area contributed by atoms with E-state index in [1.54, 1.807) is 12.5 Å². The van der Waals surface area contributed by atoms with E-state index in [1.807, 2.05) is 17.7 Å². The fourth-order valence-corrected chi connectivity index (χ4v) is 2.88. The van der Waals surface area contributed by atoms with E-state index in [1.165, 1.54) is 16.7 Å². The summed E-state index contributed by atoms with van der Waals surface area (Å²) in [6.07, 6.45) is 15.1. The van der Waals surface area contributed by atoms with Crippen molar-refractivity contribution in [2.75, 3.05) is 0 Å². The minimum absolute atomic E-state index is 0.785. The number of nitrogens with one attached hydrogen (secondary N) is 3. The van der Waals surface area contributed by atoms with Crippen molar-refractivity contribution in [1.29, 1.82) is 0 Å². The molecule has 0 amide bonds. The number of hydrogen-bond donors (Lipinski definition) is 3. The predicted octanol–water partition coefficient (Wildman–Crippen LogP) is 3.38. The average Bonchev–Trinajstić information content (AvgIpc) is 3.35. The van der Waals surface area contributed by atoms with Crippen LogP contribution >= 0.6 is 0 Å². The molecular weight excluding hydrogens is 324 g/mol. The highest BCUT2D eigenvalue weighted by Gasteiger charge is 2.10. The van der Waals surface area contributed by atoms with Gasteiger partial charge in [-0.2, -0.15) is 0 Å². The molecule has 0 bridgehead atoms. The Bertz CT molecular complexity index is 872. The summed E-state index contributed by atoms with van der Waals surface area (Å²) in [7, 11) is 0. The first kappa shape index (κ1) is 17.7. The van der Waals surface area contributed by atoms with Crippen molar-refractivity contribution in [3.05, 3.63) is 77.9 Å². The van der Waals surface area contributed by atoms with Crippen molar-refractivity contribution >= 4 is 17.1 Å². The normalized spacial score (nSPS) is 15.1. The number of rotatable bonds is 6. The lowest BCUT2D eigenvalue weighted by Crippen LogP contribution is -2.35. The molecule has 1 aromatic heterocycles. The number of imidazole rings is 1. The second kappa shape index (κ2) is 8.31. The summed E-state index contributed by atoms with van der Waals surface area (Å²) in [5.41, 5.74) is 14.2. The van der Waals surface area contributed by atoms with Gasteiger partial charge in [0.15, 0.2) is 5.84 Å². The largest absolute Gasteiger partial charge is 0.307 e. The summed E-state index contributed by atoms with van der Waals surface area (Å²) in [6, 6.07) is 6.36. The highest BCUT2D eigenvalue weighted by Crippen LogP contribution is 2.23. The van der Waals surface area contributed by atoms with Crippen LogP contribution in [0.25, 0.3) is 11.3 Å². The summed E-state index contributed by atoms with van der Waals surface area (Å²) >= 11 is 0. The molecule has 0 atom stereocenters. The Morgan fingerprint density at radius 2 is 2.15 bits per heavy atom. The monoisotopic (exact) mass is 348 g/mol. The maximum atomic E-state index is 4.16. The molecule has 26 heavy (non-hydrogen) atoms. The van der Waals surface area contributed by atoms with Gasteiger partial charge in [-0.1, -0.05) is 37.3 Å². The van der Waals surface area contributed by atoms with Crippen LogP contribution in [0.5, 0.6) is 0 Å². The smallest absolute Gasteiger partial charge is 0.170 e. The molecule has 2 heterocycles. The Hall–Kier alpha value is -3.12. The van der Waals surface area contributed by atoms with Crippen LogP contribution in [-0.4, -0.2) is 15.4 Å². The van der Waals surface area contributed by atoms with E-state index < -0.39 is 0 Å². The summed E-state index contributed by atoms with van der Waals surface area (Å²) in [4.78, 5) is 4.12. The Morgan fingerprint density at radius 1 is 1.27 bits per heavy atom. The first-order chi connectivity index (χ1) is 12.7. The minimum Gasteiger partial charge on any atom is -0.307 e. The van der Waals surface area contributed by atoms with Crippen LogP contribution in [0.1, 0.15) is 37.0 Å². The van der Waals surface area contributed by atoms with Crippen LogP contribution in [-0.2, 0) is 0 Å². The number of benzene rings is 1. The maximum absolute atomic E-state index is 4.16. The molecule has 1 aliphatic rings. The Labute approximate surface area is 154 Å². The molecule has 0 aliphatic carbocycles. The van der Waals surface area contributed by atoms with Crippen LogP contribution < -0.4 is 16.5 Å². The van der Waals surface area contributed by atoms with Crippen LogP contribution in [0, 0.1) is 6.92 Å². The molecular formula is C20H24N6. The van der Waals surface area contributed by atoms with Gasteiger partial charge >= 0.3 is 0 Å². The van der Waals surface area contributed by atoms with Gasteiger partial charge in [-0.05, 0) is 49.1 Å². The van der Waals surface area contributed by atoms with Crippen LogP contribution in [0.2, 0.25) is 0 Å². The zero-order chi connectivity index (χ0) is 18.4. The number of hydrogen-bond acceptors (Lipinski definition) is 5. The quantitative estimate of drug-likeness (QED) is 0.700. The molecule has 0 fully saturated rings. The van der Waals surface area contributed by atoms with Gasteiger partial charge in [-0.15, -0.1) is 10.6 Å². The lowest BCUT2D eigenvalue weighted by atomic mass is 9.96. The average molecular weight is 348 g/mol. The third kappa shape index (κ3) is 3.92. The number of hydrazine groups is 2. The van der Waals surface area contributed by atoms with Crippen LogP contribution in [0.3, 0.4) is 0 Å². The fourth-order valence-electron chi connectivity index (χ4n) is 2.88. The lowest BCUT2D eigenvalue weighted by Gasteiger charge is -2.10. The Balaban J connectivity index is 1.88. The molecule has 3 N–H and O–H groups in total. The van der Waals surface area contributed by atoms with Gasteiger partial charge in [0.1, 0.15) is 0 Å². The number of hydrazone groups is 1. The van der Waals surface area contributed by atoms with Gasteiger partial charge in [0.05, 0.1) is 6.33 Å². The van der Waals surface area contributed by atoms with E-state index in [4.69, 9.17) is 0 Å². The number of nitrogens with zero attached hydrogens (tertiary/aromatic N) is 3. The van der Waals surface area contributed by atoms with Gasteiger partial charge in [0, 0.05) is 23.7 Å². The molecule has 1 aliphatic heterocycles. The van der Waals surface area contributed by atoms with Crippen LogP contribution in [0.15, 0.2) is 66.3 Å². The van der Waals surface area contributed by atoms with Crippen molar-refractivity contribution in [2.45, 2.75) is 27.2 Å². The molecule has 6 heteroatoms. The van der Waals surface area contributed by atoms with Crippen molar-refractivity contribution in [1.82, 2.24) is 26.0 Å². The first-order valence-corrected chi connectivity index (χ1v) is 8.71. The summed E-state index contributed by atoms with van der Waals surface area (Å²) in [6.45, 7) is 6.30. The number of amidine groups is 1. The van der Waals surface area contributed by atoms with Crippen LogP contribution in [0.4, 0.5) is 0 Å². The topological polar surface area (TPSA) is 66.3 Å². The zero-order valence-corrected chi connectivity index (χ0v) is 15.3. The number of allylic oxidation sites excluding steroid dienone is 6. The maximum Gasteiger partial charge on any atom is 0.170 e. The van der Waals surface area contributed by atoms with E-state index in [0.29, 0.717) is 0 Å². The highest BCUT2D eigenvalue weighted by molar-refractivity contribution is 5.99. The standard InChI is InChI=1S/C20H24N6/c1-4-6-16(7-9-18(5-2)26-12-11-21-14-26)19-10-8-17(13-15(19)3)20-22-24-25-23-20/h5-14,24-25H,4H2,1-3H3,(H,22,23)/b9-7-,16-6+,18-5+. The van der Waals surface area contributed by atoms with E-state index in [2.05, 4.69) is 82.9 Å². The van der Waals surface area contributed by atoms with Crippen molar-refractivity contribution < 1.29 is 0 Å². The molecule has 2 aromatic rings. The second-order valence-corrected chi connectivity index (χ2v) is 5.94. The van der Waals surface area contributed by atoms with Gasteiger partial charge < -0.3 is 4.57 Å². The van der Waals surface area contributed by atoms with Gasteiger partial charge in [0.25, 0.3) is 0 Å². The van der Waals surface area contributed by atoms with Crippen molar-refractivity contribution in [3.63, 3.8) is 0 Å². The predicted molar refractivity (Wildman–Crippen MR) is 107 cm³/mol. The molecule has 0 spiro atoms. The third-order valence-corrected chi connectivity index (χ3v) is 4.17. The third-order valence-electron chi connectivity index (χ3n) is 4.17. The SMILES string of the molecule is C\C=C(/C=C\C(=C/CC)c1ccc(C2=NNNN2)cc1C)n1ccnc1. The Morgan fingerprint density at radius 3 is 2.77 bits per heavy atom. The number of aryl methyl sites for hydroxylation is 1. The molecule has 0 unspecified atom stereocenters. The second-order valence-electron chi connectivity index (χ2n) is 5.94. The molecule has 0 saturated carbocycles. The van der Waals surface area contributed by atoms with E-state index in [-0.39, 0.29) is 0 Å². The molecule has 0 saturated heterocycles. The molecule has 134 valence electrons. The molecule has 6 nitrogen and oxygen atoms in total. The van der Waals surface area contributed by atoms with E-state index >= 15 is 0 Å². The summed E-state index contributed by atoms with van der Waals surface area (Å²) in [5.74, 6) is 0.785. The summed E-state index contributed by atoms with van der Waals surface area (Å²) in [5, 5.41) is 4.16. The van der Waals surface area contributed by atoms with E-state index in [0.717, 1.165) is 23.5 Å². The first-order valence-electron chi connectivity index (χ1n) is 8.71. The highest BCUT2D eigenvalue weighted by atomic mass is 15.8. The molecule has 0 radical (unpaired) electrons. The molecule has 3 rings (SSSR count). The van der Waals surface area contributed by atoms with Gasteiger partial charge in [-0.25, -0.2) is 10.5 Å².